The van der Waals surface area contributed by atoms with Crippen molar-refractivity contribution in [3.63, 3.8) is 0 Å². The Kier molecular flexibility index (Phi) is 4.35. The molecule has 102 valence electrons. The molecule has 2 atom stereocenters. The van der Waals surface area contributed by atoms with Crippen LogP contribution in [0, 0.1) is 18.3 Å². The fraction of sp³-hybridized carbons (Fsp3) is 0.875. The van der Waals surface area contributed by atoms with Crippen LogP contribution in [-0.2, 0) is 0 Å². The van der Waals surface area contributed by atoms with Gasteiger partial charge in [-0.15, -0.1) is 6.42 Å². The molecule has 0 aromatic rings. The average molecular weight is 248 g/mol. The molecule has 1 aliphatic heterocycles. The molecule has 2 rings (SSSR count). The first kappa shape index (κ1) is 13.9. The maximum Gasteiger partial charge on any atom is 0.0769 e. The van der Waals surface area contributed by atoms with Crippen molar-refractivity contribution in [1.82, 2.24) is 10.2 Å². The van der Waals surface area contributed by atoms with Gasteiger partial charge in [0.2, 0.25) is 0 Å². The zero-order valence-corrected chi connectivity index (χ0v) is 12.2. The topological polar surface area (TPSA) is 15.3 Å². The quantitative estimate of drug-likeness (QED) is 0.756. The maximum atomic E-state index is 5.71. The monoisotopic (exact) mass is 248 g/mol. The molecule has 2 nitrogen and oxygen atoms in total. The molecule has 1 heterocycles. The lowest BCUT2D eigenvalue weighted by molar-refractivity contribution is 0.0503. The highest BCUT2D eigenvalue weighted by molar-refractivity contribution is 5.11. The smallest absolute Gasteiger partial charge is 0.0769 e. The molecule has 1 N–H and O–H groups in total. The number of nitrogens with zero attached hydrogens (tertiary/aromatic N) is 1. The van der Waals surface area contributed by atoms with Crippen LogP contribution in [0.2, 0.25) is 0 Å². The highest BCUT2D eigenvalue weighted by Gasteiger charge is 2.36. The summed E-state index contributed by atoms with van der Waals surface area (Å²) >= 11 is 0. The summed E-state index contributed by atoms with van der Waals surface area (Å²) < 4.78 is 0. The first-order valence-corrected chi connectivity index (χ1v) is 7.52. The number of nitrogens with one attached hydrogen (secondary N) is 1. The van der Waals surface area contributed by atoms with Gasteiger partial charge in [0.15, 0.2) is 0 Å². The highest BCUT2D eigenvalue weighted by Crippen LogP contribution is 2.30. The molecule has 0 spiro atoms. The van der Waals surface area contributed by atoms with Gasteiger partial charge in [-0.3, -0.25) is 4.90 Å². The Hall–Kier alpha value is -0.520. The van der Waals surface area contributed by atoms with Gasteiger partial charge in [-0.1, -0.05) is 25.2 Å². The Labute approximate surface area is 113 Å². The third-order valence-corrected chi connectivity index (χ3v) is 4.89. The second-order valence-corrected chi connectivity index (χ2v) is 6.62. The van der Waals surface area contributed by atoms with Crippen molar-refractivity contribution in [2.45, 2.75) is 70.5 Å². The van der Waals surface area contributed by atoms with E-state index in [-0.39, 0.29) is 5.54 Å². The molecule has 2 aliphatic rings. The molecule has 1 saturated carbocycles. The standard InChI is InChI=1S/C16H28N2/c1-5-16(3,4)18-12-15(17-11-13(18)2)14-9-7-6-8-10-14/h1,13-15,17H,6-12H2,2-4H3. The summed E-state index contributed by atoms with van der Waals surface area (Å²) in [5.74, 6) is 3.83. The van der Waals surface area contributed by atoms with Crippen molar-refractivity contribution in [1.29, 1.82) is 0 Å². The van der Waals surface area contributed by atoms with E-state index < -0.39 is 0 Å². The predicted molar refractivity (Wildman–Crippen MR) is 77.4 cm³/mol. The van der Waals surface area contributed by atoms with E-state index in [1.54, 1.807) is 0 Å². The highest BCUT2D eigenvalue weighted by atomic mass is 15.3. The number of terminal acetylenes is 1. The summed E-state index contributed by atoms with van der Waals surface area (Å²) in [7, 11) is 0. The van der Waals surface area contributed by atoms with Crippen LogP contribution in [-0.4, -0.2) is 35.6 Å². The van der Waals surface area contributed by atoms with Gasteiger partial charge in [-0.2, -0.15) is 0 Å². The van der Waals surface area contributed by atoms with Gasteiger partial charge in [0, 0.05) is 25.2 Å². The Balaban J connectivity index is 2.02. The van der Waals surface area contributed by atoms with Gasteiger partial charge in [-0.05, 0) is 39.5 Å². The second kappa shape index (κ2) is 5.63. The van der Waals surface area contributed by atoms with E-state index in [4.69, 9.17) is 6.42 Å². The molecule has 2 fully saturated rings. The van der Waals surface area contributed by atoms with Gasteiger partial charge in [0.05, 0.1) is 5.54 Å². The molecular weight excluding hydrogens is 220 g/mol. The first-order chi connectivity index (χ1) is 8.54. The predicted octanol–water partition coefficient (Wildman–Crippen LogP) is 2.64. The Bertz CT molecular complexity index is 310. The van der Waals surface area contributed by atoms with Crippen molar-refractivity contribution in [2.24, 2.45) is 5.92 Å². The fourth-order valence-corrected chi connectivity index (χ4v) is 3.60. The lowest BCUT2D eigenvalue weighted by Crippen LogP contribution is -2.63. The normalized spacial score (nSPS) is 32.1. The molecular formula is C16H28N2. The Morgan fingerprint density at radius 3 is 2.50 bits per heavy atom. The van der Waals surface area contributed by atoms with Gasteiger partial charge in [0.25, 0.3) is 0 Å². The van der Waals surface area contributed by atoms with Gasteiger partial charge >= 0.3 is 0 Å². The molecule has 1 aliphatic carbocycles. The zero-order chi connectivity index (χ0) is 13.2. The first-order valence-electron chi connectivity index (χ1n) is 7.52. The number of hydrogen-bond acceptors (Lipinski definition) is 2. The third-order valence-electron chi connectivity index (χ3n) is 4.89. The Morgan fingerprint density at radius 1 is 1.22 bits per heavy atom. The maximum absolute atomic E-state index is 5.71. The van der Waals surface area contributed by atoms with Gasteiger partial charge < -0.3 is 5.32 Å². The number of piperazine rings is 1. The average Bonchev–Trinajstić information content (AvgIpc) is 2.40. The summed E-state index contributed by atoms with van der Waals surface area (Å²) in [6, 6.07) is 1.19. The van der Waals surface area contributed by atoms with Crippen LogP contribution in [0.25, 0.3) is 0 Å². The van der Waals surface area contributed by atoms with E-state index in [9.17, 15) is 0 Å². The molecule has 2 unspecified atom stereocenters. The zero-order valence-electron chi connectivity index (χ0n) is 12.2. The molecule has 18 heavy (non-hydrogen) atoms. The van der Waals surface area contributed by atoms with Gasteiger partial charge in [0.1, 0.15) is 0 Å². The largest absolute Gasteiger partial charge is 0.311 e. The van der Waals surface area contributed by atoms with E-state index in [1.807, 2.05) is 0 Å². The molecule has 2 heteroatoms. The molecule has 0 amide bonds. The molecule has 0 aromatic heterocycles. The molecule has 0 bridgehead atoms. The summed E-state index contributed by atoms with van der Waals surface area (Å²) in [4.78, 5) is 2.52. The van der Waals surface area contributed by atoms with E-state index >= 15 is 0 Å². The van der Waals surface area contributed by atoms with E-state index in [1.165, 1.54) is 32.1 Å². The number of hydrogen-bond donors (Lipinski definition) is 1. The molecule has 0 aromatic carbocycles. The van der Waals surface area contributed by atoms with Crippen LogP contribution in [0.15, 0.2) is 0 Å². The van der Waals surface area contributed by atoms with Crippen LogP contribution in [0.1, 0.15) is 52.9 Å². The minimum atomic E-state index is -0.117. The summed E-state index contributed by atoms with van der Waals surface area (Å²) in [6.45, 7) is 8.82. The van der Waals surface area contributed by atoms with E-state index in [2.05, 4.69) is 36.9 Å². The molecule has 1 saturated heterocycles. The number of rotatable bonds is 2. The van der Waals surface area contributed by atoms with E-state index in [0.29, 0.717) is 12.1 Å². The van der Waals surface area contributed by atoms with Crippen LogP contribution in [0.4, 0.5) is 0 Å². The van der Waals surface area contributed by atoms with Crippen LogP contribution in [0.5, 0.6) is 0 Å². The van der Waals surface area contributed by atoms with Crippen LogP contribution >= 0.6 is 0 Å². The minimum absolute atomic E-state index is 0.117. The van der Waals surface area contributed by atoms with Crippen LogP contribution in [0.3, 0.4) is 0 Å². The van der Waals surface area contributed by atoms with Crippen molar-refractivity contribution >= 4 is 0 Å². The van der Waals surface area contributed by atoms with Crippen LogP contribution < -0.4 is 5.32 Å². The van der Waals surface area contributed by atoms with Gasteiger partial charge in [-0.25, -0.2) is 0 Å². The van der Waals surface area contributed by atoms with E-state index in [0.717, 1.165) is 19.0 Å². The summed E-state index contributed by atoms with van der Waals surface area (Å²) in [5.41, 5.74) is -0.117. The van der Waals surface area contributed by atoms with Crippen molar-refractivity contribution in [2.75, 3.05) is 13.1 Å². The third kappa shape index (κ3) is 2.90. The minimum Gasteiger partial charge on any atom is -0.311 e. The van der Waals surface area contributed by atoms with Crippen molar-refractivity contribution in [3.8, 4) is 12.3 Å². The Morgan fingerprint density at radius 2 is 1.89 bits per heavy atom. The lowest BCUT2D eigenvalue weighted by atomic mass is 9.82. The fourth-order valence-electron chi connectivity index (χ4n) is 3.60. The lowest BCUT2D eigenvalue weighted by Gasteiger charge is -2.48. The van der Waals surface area contributed by atoms with Crippen molar-refractivity contribution < 1.29 is 0 Å². The SMILES string of the molecule is C#CC(C)(C)N1CC(C2CCCCC2)NCC1C. The molecule has 0 radical (unpaired) electrons. The second-order valence-electron chi connectivity index (χ2n) is 6.62. The van der Waals surface area contributed by atoms with Crippen molar-refractivity contribution in [3.05, 3.63) is 0 Å². The summed E-state index contributed by atoms with van der Waals surface area (Å²) in [6.07, 6.45) is 12.8. The summed E-state index contributed by atoms with van der Waals surface area (Å²) in [5, 5.41) is 3.75.